The molecule has 0 aliphatic carbocycles. The van der Waals surface area contributed by atoms with E-state index in [0.717, 1.165) is 11.3 Å². The lowest BCUT2D eigenvalue weighted by Crippen LogP contribution is -2.06. The number of ether oxygens (including phenoxy) is 1. The highest BCUT2D eigenvalue weighted by molar-refractivity contribution is 7.60. The maximum atomic E-state index is 11.1. The van der Waals surface area contributed by atoms with Crippen molar-refractivity contribution < 1.29 is 19.1 Å². The molecule has 0 fully saturated rings. The van der Waals surface area contributed by atoms with Gasteiger partial charge in [-0.15, -0.1) is 0 Å². The zero-order valence-corrected chi connectivity index (χ0v) is 10.5. The molecule has 0 spiro atoms. The van der Waals surface area contributed by atoms with Gasteiger partial charge in [0.2, 0.25) is 0 Å². The van der Waals surface area contributed by atoms with E-state index in [9.17, 15) is 4.57 Å². The fraction of sp³-hybridized carbons (Fsp3) is 0.0769. The largest absolute Gasteiger partial charge is 0.489 e. The van der Waals surface area contributed by atoms with Gasteiger partial charge in [-0.25, -0.2) is 0 Å². The van der Waals surface area contributed by atoms with Crippen LogP contribution in [0.25, 0.3) is 0 Å². The molecule has 2 aromatic rings. The summed E-state index contributed by atoms with van der Waals surface area (Å²) >= 11 is 0. The van der Waals surface area contributed by atoms with Crippen LogP contribution in [0.1, 0.15) is 5.56 Å². The molecule has 94 valence electrons. The van der Waals surface area contributed by atoms with Gasteiger partial charge in [-0.3, -0.25) is 4.57 Å². The minimum absolute atomic E-state index is 0.0108. The monoisotopic (exact) mass is 264 g/mol. The molecule has 0 bridgehead atoms. The Morgan fingerprint density at radius 3 is 2.39 bits per heavy atom. The molecule has 0 heterocycles. The van der Waals surface area contributed by atoms with Gasteiger partial charge in [0.1, 0.15) is 12.4 Å². The Balaban J connectivity index is 2.09. The van der Waals surface area contributed by atoms with Crippen molar-refractivity contribution in [2.45, 2.75) is 6.61 Å². The zero-order chi connectivity index (χ0) is 13.0. The van der Waals surface area contributed by atoms with Crippen LogP contribution in [-0.4, -0.2) is 9.79 Å². The highest BCUT2D eigenvalue weighted by Crippen LogP contribution is 2.33. The van der Waals surface area contributed by atoms with Crippen LogP contribution in [0.15, 0.2) is 54.6 Å². The Labute approximate surface area is 105 Å². The van der Waals surface area contributed by atoms with Crippen molar-refractivity contribution in [3.8, 4) is 5.75 Å². The van der Waals surface area contributed by atoms with Crippen molar-refractivity contribution in [3.63, 3.8) is 0 Å². The van der Waals surface area contributed by atoms with Crippen molar-refractivity contribution in [2.75, 3.05) is 0 Å². The van der Waals surface area contributed by atoms with E-state index >= 15 is 0 Å². The average molecular weight is 264 g/mol. The summed E-state index contributed by atoms with van der Waals surface area (Å²) in [5.41, 5.74) is 0.722. The number of hydrogen-bond acceptors (Lipinski definition) is 2. The molecule has 0 aromatic heterocycles. The van der Waals surface area contributed by atoms with Crippen LogP contribution < -0.4 is 10.0 Å². The van der Waals surface area contributed by atoms with Gasteiger partial charge in [-0.2, -0.15) is 0 Å². The van der Waals surface area contributed by atoms with Crippen molar-refractivity contribution in [1.29, 1.82) is 0 Å². The Hall–Kier alpha value is -1.61. The van der Waals surface area contributed by atoms with E-state index in [2.05, 4.69) is 0 Å². The first-order chi connectivity index (χ1) is 8.55. The minimum Gasteiger partial charge on any atom is -0.489 e. The molecule has 0 atom stereocenters. The normalized spacial score (nSPS) is 11.2. The van der Waals surface area contributed by atoms with Gasteiger partial charge < -0.3 is 14.5 Å². The smallest absolute Gasteiger partial charge is 0.356 e. The van der Waals surface area contributed by atoms with Crippen molar-refractivity contribution >= 4 is 12.9 Å². The molecule has 2 aromatic carbocycles. The van der Waals surface area contributed by atoms with Gasteiger partial charge in [0.25, 0.3) is 0 Å². The number of para-hydroxylation sites is 1. The summed E-state index contributed by atoms with van der Waals surface area (Å²) in [6.07, 6.45) is 0. The van der Waals surface area contributed by atoms with E-state index in [4.69, 9.17) is 14.5 Å². The third kappa shape index (κ3) is 3.44. The Kier molecular flexibility index (Phi) is 3.82. The molecule has 18 heavy (non-hydrogen) atoms. The van der Waals surface area contributed by atoms with Gasteiger partial charge in [-0.1, -0.05) is 30.3 Å². The third-order valence-electron chi connectivity index (χ3n) is 2.40. The maximum absolute atomic E-state index is 11.1. The summed E-state index contributed by atoms with van der Waals surface area (Å²) < 4.78 is 16.6. The second-order valence-electron chi connectivity index (χ2n) is 3.82. The van der Waals surface area contributed by atoms with Crippen LogP contribution in [0.5, 0.6) is 5.75 Å². The van der Waals surface area contributed by atoms with Gasteiger partial charge in [-0.05, 0) is 29.8 Å². The lowest BCUT2D eigenvalue weighted by molar-refractivity contribution is 0.306. The summed E-state index contributed by atoms with van der Waals surface area (Å²) in [4.78, 5) is 18.1. The fourth-order valence-electron chi connectivity index (χ4n) is 1.51. The van der Waals surface area contributed by atoms with E-state index in [-0.39, 0.29) is 11.9 Å². The van der Waals surface area contributed by atoms with Gasteiger partial charge >= 0.3 is 7.60 Å². The van der Waals surface area contributed by atoms with Gasteiger partial charge in [0.15, 0.2) is 0 Å². The average Bonchev–Trinajstić information content (AvgIpc) is 2.37. The SMILES string of the molecule is O=P(O)(O)c1cccc(COc2ccccc2)c1. The number of hydrogen-bond donors (Lipinski definition) is 2. The van der Waals surface area contributed by atoms with E-state index in [1.807, 2.05) is 30.3 Å². The second-order valence-corrected chi connectivity index (χ2v) is 5.42. The lowest BCUT2D eigenvalue weighted by atomic mass is 10.2. The Bertz CT molecular complexity index is 562. The van der Waals surface area contributed by atoms with Crippen molar-refractivity contribution in [2.24, 2.45) is 0 Å². The van der Waals surface area contributed by atoms with Gasteiger partial charge in [0, 0.05) is 0 Å². The van der Waals surface area contributed by atoms with Crippen LogP contribution in [-0.2, 0) is 11.2 Å². The maximum Gasteiger partial charge on any atom is 0.356 e. The molecule has 4 nitrogen and oxygen atoms in total. The highest BCUT2D eigenvalue weighted by Gasteiger charge is 2.16. The minimum atomic E-state index is -4.20. The second kappa shape index (κ2) is 5.36. The predicted octanol–water partition coefficient (Wildman–Crippen LogP) is 2.07. The molecule has 0 saturated heterocycles. The molecule has 0 radical (unpaired) electrons. The standard InChI is InChI=1S/C13H13O4P/c14-18(15,16)13-8-4-5-11(9-13)10-17-12-6-2-1-3-7-12/h1-9H,10H2,(H2,14,15,16). The molecule has 5 heteroatoms. The highest BCUT2D eigenvalue weighted by atomic mass is 31.2. The van der Waals surface area contributed by atoms with Crippen molar-refractivity contribution in [1.82, 2.24) is 0 Å². The molecule has 0 saturated carbocycles. The molecule has 0 unspecified atom stereocenters. The van der Waals surface area contributed by atoms with Gasteiger partial charge in [0.05, 0.1) is 5.30 Å². The predicted molar refractivity (Wildman–Crippen MR) is 68.9 cm³/mol. The van der Waals surface area contributed by atoms with E-state index in [1.54, 1.807) is 12.1 Å². The Morgan fingerprint density at radius 2 is 1.72 bits per heavy atom. The van der Waals surface area contributed by atoms with E-state index in [1.165, 1.54) is 12.1 Å². The van der Waals surface area contributed by atoms with E-state index < -0.39 is 7.60 Å². The topological polar surface area (TPSA) is 66.8 Å². The zero-order valence-electron chi connectivity index (χ0n) is 9.56. The van der Waals surface area contributed by atoms with Crippen LogP contribution >= 0.6 is 7.60 Å². The molecule has 0 aliphatic heterocycles. The van der Waals surface area contributed by atoms with Crippen LogP contribution in [0.2, 0.25) is 0 Å². The third-order valence-corrected chi connectivity index (χ3v) is 3.35. The summed E-state index contributed by atoms with van der Waals surface area (Å²) in [5.74, 6) is 0.721. The molecule has 0 amide bonds. The summed E-state index contributed by atoms with van der Waals surface area (Å²) in [7, 11) is -4.20. The first kappa shape index (κ1) is 12.8. The molecular formula is C13H13O4P. The van der Waals surface area contributed by atoms with E-state index in [0.29, 0.717) is 0 Å². The lowest BCUT2D eigenvalue weighted by Gasteiger charge is -2.08. The molecule has 0 aliphatic rings. The molecule has 2 N–H and O–H groups in total. The fourth-order valence-corrected chi connectivity index (χ4v) is 2.13. The number of benzene rings is 2. The summed E-state index contributed by atoms with van der Waals surface area (Å²) in [6.45, 7) is 0.276. The first-order valence-corrected chi connectivity index (χ1v) is 7.00. The first-order valence-electron chi connectivity index (χ1n) is 5.38. The van der Waals surface area contributed by atoms with Crippen LogP contribution in [0.3, 0.4) is 0 Å². The summed E-state index contributed by atoms with van der Waals surface area (Å²) in [6, 6.07) is 15.5. The molecule has 2 rings (SSSR count). The van der Waals surface area contributed by atoms with Crippen molar-refractivity contribution in [3.05, 3.63) is 60.2 Å². The van der Waals surface area contributed by atoms with Crippen LogP contribution in [0, 0.1) is 0 Å². The Morgan fingerprint density at radius 1 is 1.00 bits per heavy atom. The molecular weight excluding hydrogens is 251 g/mol. The van der Waals surface area contributed by atoms with Crippen LogP contribution in [0.4, 0.5) is 0 Å². The quantitative estimate of drug-likeness (QED) is 0.829. The summed E-state index contributed by atoms with van der Waals surface area (Å²) in [5, 5.41) is 0.0108. The number of rotatable bonds is 4.